The zero-order chi connectivity index (χ0) is 11.7. The molecule has 2 fully saturated rings. The molecule has 1 aliphatic heterocycles. The molecule has 4 heteroatoms. The quantitative estimate of drug-likeness (QED) is 0.671. The second kappa shape index (κ2) is 4.36. The lowest BCUT2D eigenvalue weighted by Gasteiger charge is -2.14. The summed E-state index contributed by atoms with van der Waals surface area (Å²) >= 11 is 0. The standard InChI is InChI=1S/C12H17NO3/c1-8(14)4-3-7-13-11(15)9-5-2-6-10(9)12(13)16/h9-10H,2-7H2,1H3. The number of rotatable bonds is 4. The molecule has 2 rings (SSSR count). The lowest BCUT2D eigenvalue weighted by molar-refractivity contribution is -0.140. The van der Waals surface area contributed by atoms with Gasteiger partial charge in [-0.2, -0.15) is 0 Å². The number of hydrogen-bond acceptors (Lipinski definition) is 3. The van der Waals surface area contributed by atoms with Gasteiger partial charge in [-0.25, -0.2) is 0 Å². The molecule has 1 aliphatic carbocycles. The van der Waals surface area contributed by atoms with Gasteiger partial charge in [0.05, 0.1) is 11.8 Å². The second-order valence-corrected chi connectivity index (χ2v) is 4.78. The van der Waals surface area contributed by atoms with Crippen molar-refractivity contribution in [1.82, 2.24) is 4.90 Å². The van der Waals surface area contributed by atoms with Crippen LogP contribution in [0.15, 0.2) is 0 Å². The summed E-state index contributed by atoms with van der Waals surface area (Å²) in [7, 11) is 0. The van der Waals surface area contributed by atoms with E-state index < -0.39 is 0 Å². The Morgan fingerprint density at radius 1 is 1.25 bits per heavy atom. The van der Waals surface area contributed by atoms with E-state index in [4.69, 9.17) is 0 Å². The fourth-order valence-corrected chi connectivity index (χ4v) is 2.77. The molecular formula is C12H17NO3. The molecule has 0 N–H and O–H groups in total. The lowest BCUT2D eigenvalue weighted by Crippen LogP contribution is -2.32. The maximum Gasteiger partial charge on any atom is 0.233 e. The highest BCUT2D eigenvalue weighted by atomic mass is 16.2. The molecule has 2 unspecified atom stereocenters. The number of likely N-dealkylation sites (tertiary alicyclic amines) is 1. The fourth-order valence-electron chi connectivity index (χ4n) is 2.77. The van der Waals surface area contributed by atoms with Crippen molar-refractivity contribution in [3.05, 3.63) is 0 Å². The summed E-state index contributed by atoms with van der Waals surface area (Å²) < 4.78 is 0. The van der Waals surface area contributed by atoms with Crippen molar-refractivity contribution in [1.29, 1.82) is 0 Å². The molecule has 1 saturated carbocycles. The summed E-state index contributed by atoms with van der Waals surface area (Å²) in [4.78, 5) is 35.9. The molecule has 2 atom stereocenters. The number of Topliss-reactive ketones (excluding diaryl/α,β-unsaturated/α-hetero) is 1. The van der Waals surface area contributed by atoms with Crippen LogP contribution in [-0.4, -0.2) is 29.0 Å². The molecule has 16 heavy (non-hydrogen) atoms. The van der Waals surface area contributed by atoms with Crippen LogP contribution >= 0.6 is 0 Å². The average Bonchev–Trinajstić information content (AvgIpc) is 2.77. The van der Waals surface area contributed by atoms with Crippen molar-refractivity contribution in [3.8, 4) is 0 Å². The molecule has 0 spiro atoms. The van der Waals surface area contributed by atoms with Gasteiger partial charge in [0.2, 0.25) is 11.8 Å². The van der Waals surface area contributed by atoms with Crippen molar-refractivity contribution < 1.29 is 14.4 Å². The minimum atomic E-state index is -0.0511. The van der Waals surface area contributed by atoms with Crippen LogP contribution in [0.5, 0.6) is 0 Å². The summed E-state index contributed by atoms with van der Waals surface area (Å²) in [5.74, 6) is 0.000972. The largest absolute Gasteiger partial charge is 0.300 e. The van der Waals surface area contributed by atoms with E-state index in [9.17, 15) is 14.4 Å². The molecular weight excluding hydrogens is 206 g/mol. The first-order valence-corrected chi connectivity index (χ1v) is 5.96. The molecule has 4 nitrogen and oxygen atoms in total. The van der Waals surface area contributed by atoms with Gasteiger partial charge in [-0.15, -0.1) is 0 Å². The first kappa shape index (κ1) is 11.3. The highest BCUT2D eigenvalue weighted by Crippen LogP contribution is 2.39. The molecule has 2 amide bonds. The van der Waals surface area contributed by atoms with E-state index in [0.29, 0.717) is 19.4 Å². The van der Waals surface area contributed by atoms with Gasteiger partial charge in [0.15, 0.2) is 0 Å². The Morgan fingerprint density at radius 3 is 2.31 bits per heavy atom. The molecule has 0 aromatic heterocycles. The van der Waals surface area contributed by atoms with E-state index in [1.54, 1.807) is 0 Å². The van der Waals surface area contributed by atoms with Gasteiger partial charge in [0, 0.05) is 13.0 Å². The van der Waals surface area contributed by atoms with Gasteiger partial charge in [0.1, 0.15) is 5.78 Å². The monoisotopic (exact) mass is 223 g/mol. The topological polar surface area (TPSA) is 54.5 Å². The third-order valence-electron chi connectivity index (χ3n) is 3.59. The highest BCUT2D eigenvalue weighted by Gasteiger charge is 2.49. The molecule has 0 radical (unpaired) electrons. The third kappa shape index (κ3) is 1.88. The summed E-state index contributed by atoms with van der Waals surface area (Å²) in [5.41, 5.74) is 0. The number of carbonyl (C=O) groups is 3. The molecule has 88 valence electrons. The summed E-state index contributed by atoms with van der Waals surface area (Å²) in [5, 5.41) is 0. The maximum atomic E-state index is 11.9. The second-order valence-electron chi connectivity index (χ2n) is 4.78. The Kier molecular flexibility index (Phi) is 3.08. The van der Waals surface area contributed by atoms with E-state index >= 15 is 0 Å². The zero-order valence-electron chi connectivity index (χ0n) is 9.57. The first-order chi connectivity index (χ1) is 7.61. The molecule has 1 saturated heterocycles. The Bertz CT molecular complexity index is 315. The summed E-state index contributed by atoms with van der Waals surface area (Å²) in [6.45, 7) is 1.95. The predicted molar refractivity (Wildman–Crippen MR) is 57.5 cm³/mol. The van der Waals surface area contributed by atoms with Gasteiger partial charge in [-0.1, -0.05) is 6.42 Å². The zero-order valence-corrected chi connectivity index (χ0v) is 9.57. The molecule has 1 heterocycles. The number of nitrogens with zero attached hydrogens (tertiary/aromatic N) is 1. The van der Waals surface area contributed by atoms with Crippen molar-refractivity contribution in [2.24, 2.45) is 11.8 Å². The summed E-state index contributed by atoms with van der Waals surface area (Å²) in [6, 6.07) is 0. The van der Waals surface area contributed by atoms with Gasteiger partial charge in [0.25, 0.3) is 0 Å². The minimum absolute atomic E-state index is 0.00366. The van der Waals surface area contributed by atoms with Crippen molar-refractivity contribution in [3.63, 3.8) is 0 Å². The Labute approximate surface area is 95.0 Å². The van der Waals surface area contributed by atoms with Crippen LogP contribution in [0.25, 0.3) is 0 Å². The number of carbonyl (C=O) groups excluding carboxylic acids is 3. The Balaban J connectivity index is 1.93. The van der Waals surface area contributed by atoms with Crippen LogP contribution in [0.4, 0.5) is 0 Å². The SMILES string of the molecule is CC(=O)CCCN1C(=O)C2CCCC2C1=O. The fraction of sp³-hybridized carbons (Fsp3) is 0.750. The smallest absolute Gasteiger partial charge is 0.233 e. The Hall–Kier alpha value is -1.19. The van der Waals surface area contributed by atoms with Gasteiger partial charge >= 0.3 is 0 Å². The minimum Gasteiger partial charge on any atom is -0.300 e. The van der Waals surface area contributed by atoms with E-state index in [0.717, 1.165) is 19.3 Å². The molecule has 2 aliphatic rings. The van der Waals surface area contributed by atoms with Crippen molar-refractivity contribution in [2.75, 3.05) is 6.54 Å². The molecule has 0 aromatic carbocycles. The number of amides is 2. The lowest BCUT2D eigenvalue weighted by atomic mass is 10.00. The molecule has 0 aromatic rings. The van der Waals surface area contributed by atoms with Crippen LogP contribution in [0.2, 0.25) is 0 Å². The van der Waals surface area contributed by atoms with E-state index in [2.05, 4.69) is 0 Å². The first-order valence-electron chi connectivity index (χ1n) is 5.96. The number of imide groups is 1. The number of hydrogen-bond donors (Lipinski definition) is 0. The van der Waals surface area contributed by atoms with Crippen molar-refractivity contribution >= 4 is 17.6 Å². The predicted octanol–water partition coefficient (Wildman–Crippen LogP) is 1.14. The summed E-state index contributed by atoms with van der Waals surface area (Å²) in [6.07, 6.45) is 3.77. The van der Waals surface area contributed by atoms with Crippen molar-refractivity contribution in [2.45, 2.75) is 39.0 Å². The van der Waals surface area contributed by atoms with Crippen LogP contribution < -0.4 is 0 Å². The van der Waals surface area contributed by atoms with E-state index in [1.807, 2.05) is 0 Å². The van der Waals surface area contributed by atoms with Crippen LogP contribution in [0.1, 0.15) is 39.0 Å². The number of fused-ring (bicyclic) bond motifs is 1. The highest BCUT2D eigenvalue weighted by molar-refractivity contribution is 6.05. The van der Waals surface area contributed by atoms with Crippen LogP contribution in [-0.2, 0) is 14.4 Å². The third-order valence-corrected chi connectivity index (χ3v) is 3.59. The van der Waals surface area contributed by atoms with Crippen LogP contribution in [0, 0.1) is 11.8 Å². The number of ketones is 1. The molecule has 0 bridgehead atoms. The normalized spacial score (nSPS) is 28.7. The van der Waals surface area contributed by atoms with Gasteiger partial charge < -0.3 is 4.79 Å². The van der Waals surface area contributed by atoms with Gasteiger partial charge in [-0.3, -0.25) is 14.5 Å². The van der Waals surface area contributed by atoms with E-state index in [1.165, 1.54) is 11.8 Å². The van der Waals surface area contributed by atoms with Crippen LogP contribution in [0.3, 0.4) is 0 Å². The van der Waals surface area contributed by atoms with Gasteiger partial charge in [-0.05, 0) is 26.2 Å². The van der Waals surface area contributed by atoms with E-state index in [-0.39, 0.29) is 29.4 Å². The Morgan fingerprint density at radius 2 is 1.81 bits per heavy atom. The maximum absolute atomic E-state index is 11.9. The average molecular weight is 223 g/mol.